The minimum Gasteiger partial charge on any atom is -0.396 e. The van der Waals surface area contributed by atoms with Gasteiger partial charge in [-0.15, -0.1) is 0 Å². The number of hydrogen-bond acceptors (Lipinski definition) is 4. The van der Waals surface area contributed by atoms with Crippen LogP contribution in [0.5, 0.6) is 0 Å². The molecule has 1 aromatic heterocycles. The van der Waals surface area contributed by atoms with E-state index in [1.807, 2.05) is 19.1 Å². The highest BCUT2D eigenvalue weighted by atomic mass is 16.3. The van der Waals surface area contributed by atoms with Crippen molar-refractivity contribution in [3.8, 4) is 0 Å². The van der Waals surface area contributed by atoms with E-state index in [4.69, 9.17) is 0 Å². The molecule has 0 aliphatic carbocycles. The quantitative estimate of drug-likeness (QED) is 0.849. The largest absolute Gasteiger partial charge is 0.396 e. The van der Waals surface area contributed by atoms with Crippen molar-refractivity contribution in [1.29, 1.82) is 0 Å². The van der Waals surface area contributed by atoms with Gasteiger partial charge in [0.1, 0.15) is 6.04 Å². The standard InChI is InChI=1S/C20H27N3O4/c1-5-7-12-8-9-15-17-13(10-22(15)19(12)26)14(11-24)18(20(27)21(3)4)23(17)16(25)6-2/h5,7-9,13-14,17-18,24H,6,10-11H2,1-4H3/b7-5+/t13-,14-,17+,18-/m0/s1. The molecule has 0 saturated carbocycles. The number of aromatic nitrogens is 1. The van der Waals surface area contributed by atoms with Gasteiger partial charge in [0.15, 0.2) is 0 Å². The summed E-state index contributed by atoms with van der Waals surface area (Å²) in [7, 11) is 3.31. The first-order chi connectivity index (χ1) is 12.9. The SMILES string of the molecule is C/C=C/c1ccc2n(c1=O)C[C@H]1[C@H](CO)[C@@H](C(=O)N(C)C)N(C(=O)CC)[C@@H]21. The highest BCUT2D eigenvalue weighted by Crippen LogP contribution is 2.49. The minimum absolute atomic E-state index is 0.101. The number of rotatable bonds is 4. The third-order valence-corrected chi connectivity index (χ3v) is 5.74. The van der Waals surface area contributed by atoms with Gasteiger partial charge >= 0.3 is 0 Å². The Labute approximate surface area is 158 Å². The normalized spacial score (nSPS) is 26.3. The van der Waals surface area contributed by atoms with E-state index in [1.54, 1.807) is 42.6 Å². The number of fused-ring (bicyclic) bond motifs is 3. The predicted molar refractivity (Wildman–Crippen MR) is 102 cm³/mol. The highest BCUT2D eigenvalue weighted by molar-refractivity contribution is 5.89. The second kappa shape index (κ2) is 7.31. The number of amides is 2. The second-order valence-electron chi connectivity index (χ2n) is 7.42. The maximum atomic E-state index is 12.8. The van der Waals surface area contributed by atoms with E-state index in [2.05, 4.69) is 0 Å². The van der Waals surface area contributed by atoms with Crippen molar-refractivity contribution in [1.82, 2.24) is 14.4 Å². The fourth-order valence-corrected chi connectivity index (χ4v) is 4.52. The summed E-state index contributed by atoms with van der Waals surface area (Å²) in [6, 6.07) is 2.57. The summed E-state index contributed by atoms with van der Waals surface area (Å²) in [6.45, 7) is 3.81. The van der Waals surface area contributed by atoms with Crippen LogP contribution in [-0.4, -0.2) is 58.0 Å². The van der Waals surface area contributed by atoms with Gasteiger partial charge < -0.3 is 19.5 Å². The van der Waals surface area contributed by atoms with Crippen molar-refractivity contribution in [2.75, 3.05) is 20.7 Å². The first-order valence-electron chi connectivity index (χ1n) is 9.36. The lowest BCUT2D eigenvalue weighted by Crippen LogP contribution is -2.49. The lowest BCUT2D eigenvalue weighted by Gasteiger charge is -2.32. The molecule has 7 heteroatoms. The van der Waals surface area contributed by atoms with Crippen molar-refractivity contribution < 1.29 is 14.7 Å². The first-order valence-corrected chi connectivity index (χ1v) is 9.36. The Balaban J connectivity index is 2.14. The van der Waals surface area contributed by atoms with Crippen LogP contribution >= 0.6 is 0 Å². The summed E-state index contributed by atoms with van der Waals surface area (Å²) in [5.74, 6) is -0.887. The smallest absolute Gasteiger partial charge is 0.258 e. The Hall–Kier alpha value is -2.41. The van der Waals surface area contributed by atoms with E-state index in [1.165, 1.54) is 4.90 Å². The second-order valence-corrected chi connectivity index (χ2v) is 7.42. The molecule has 4 atom stereocenters. The Morgan fingerprint density at radius 2 is 2.04 bits per heavy atom. The number of carbonyl (C=O) groups is 2. The molecular formula is C20H27N3O4. The van der Waals surface area contributed by atoms with Crippen molar-refractivity contribution in [2.45, 2.75) is 38.9 Å². The molecule has 1 N–H and O–H groups in total. The van der Waals surface area contributed by atoms with Crippen LogP contribution < -0.4 is 5.56 Å². The number of likely N-dealkylation sites (N-methyl/N-ethyl adjacent to an activating group) is 1. The van der Waals surface area contributed by atoms with Crippen molar-refractivity contribution >= 4 is 17.9 Å². The zero-order chi connectivity index (χ0) is 19.9. The van der Waals surface area contributed by atoms with Gasteiger partial charge in [-0.3, -0.25) is 14.4 Å². The molecule has 1 fully saturated rings. The summed E-state index contributed by atoms with van der Waals surface area (Å²) in [4.78, 5) is 41.5. The number of allylic oxidation sites excluding steroid dienone is 1. The molecule has 7 nitrogen and oxygen atoms in total. The van der Waals surface area contributed by atoms with Gasteiger partial charge in [0, 0.05) is 56.8 Å². The fourth-order valence-electron chi connectivity index (χ4n) is 4.52. The molecule has 2 amide bonds. The van der Waals surface area contributed by atoms with E-state index >= 15 is 0 Å². The molecule has 2 aliphatic heterocycles. The van der Waals surface area contributed by atoms with Gasteiger partial charge in [-0.05, 0) is 19.1 Å². The zero-order valence-corrected chi connectivity index (χ0v) is 16.3. The number of hydrogen-bond donors (Lipinski definition) is 1. The zero-order valence-electron chi connectivity index (χ0n) is 16.3. The summed E-state index contributed by atoms with van der Waals surface area (Å²) in [6.07, 6.45) is 3.84. The molecule has 146 valence electrons. The average molecular weight is 373 g/mol. The minimum atomic E-state index is -0.702. The van der Waals surface area contributed by atoms with Gasteiger partial charge in [-0.1, -0.05) is 19.1 Å². The molecule has 0 spiro atoms. The Morgan fingerprint density at radius 1 is 1.33 bits per heavy atom. The molecule has 0 aromatic carbocycles. The lowest BCUT2D eigenvalue weighted by atomic mass is 9.88. The van der Waals surface area contributed by atoms with Crippen LogP contribution in [0.4, 0.5) is 0 Å². The van der Waals surface area contributed by atoms with Crippen LogP contribution in [0, 0.1) is 11.8 Å². The summed E-state index contributed by atoms with van der Waals surface area (Å²) in [5, 5.41) is 10.1. The number of aliphatic hydroxyl groups is 1. The topological polar surface area (TPSA) is 82.8 Å². The van der Waals surface area contributed by atoms with E-state index in [0.717, 1.165) is 5.69 Å². The molecule has 3 heterocycles. The van der Waals surface area contributed by atoms with Gasteiger partial charge in [-0.2, -0.15) is 0 Å². The molecular weight excluding hydrogens is 346 g/mol. The molecule has 2 aliphatic rings. The van der Waals surface area contributed by atoms with E-state index in [-0.39, 0.29) is 42.4 Å². The van der Waals surface area contributed by atoms with Gasteiger partial charge in [0.05, 0.1) is 6.04 Å². The average Bonchev–Trinajstić information content (AvgIpc) is 3.17. The summed E-state index contributed by atoms with van der Waals surface area (Å²) >= 11 is 0. The Kier molecular flexibility index (Phi) is 5.24. The number of carbonyl (C=O) groups excluding carboxylic acids is 2. The molecule has 0 unspecified atom stereocenters. The van der Waals surface area contributed by atoms with Gasteiger partial charge in [0.2, 0.25) is 11.8 Å². The number of nitrogens with zero attached hydrogens (tertiary/aromatic N) is 3. The maximum Gasteiger partial charge on any atom is 0.258 e. The number of aliphatic hydroxyl groups excluding tert-OH is 1. The third-order valence-electron chi connectivity index (χ3n) is 5.74. The van der Waals surface area contributed by atoms with Crippen LogP contribution in [0.1, 0.15) is 37.6 Å². The van der Waals surface area contributed by atoms with Crippen LogP contribution in [-0.2, 0) is 16.1 Å². The van der Waals surface area contributed by atoms with Crippen molar-refractivity contribution in [3.63, 3.8) is 0 Å². The summed E-state index contributed by atoms with van der Waals surface area (Å²) in [5.41, 5.74) is 1.24. The molecule has 0 bridgehead atoms. The number of pyridine rings is 1. The van der Waals surface area contributed by atoms with Crippen molar-refractivity contribution in [2.24, 2.45) is 11.8 Å². The van der Waals surface area contributed by atoms with Crippen LogP contribution in [0.3, 0.4) is 0 Å². The van der Waals surface area contributed by atoms with Crippen LogP contribution in [0.2, 0.25) is 0 Å². The number of likely N-dealkylation sites (tertiary alicyclic amines) is 1. The molecule has 1 saturated heterocycles. The highest BCUT2D eigenvalue weighted by Gasteiger charge is 2.57. The molecule has 27 heavy (non-hydrogen) atoms. The molecule has 1 aromatic rings. The lowest BCUT2D eigenvalue weighted by molar-refractivity contribution is -0.145. The van der Waals surface area contributed by atoms with Gasteiger partial charge in [-0.25, -0.2) is 0 Å². The van der Waals surface area contributed by atoms with E-state index < -0.39 is 12.0 Å². The van der Waals surface area contributed by atoms with E-state index in [0.29, 0.717) is 12.1 Å². The predicted octanol–water partition coefficient (Wildman–Crippen LogP) is 0.870. The molecule has 3 rings (SSSR count). The fraction of sp³-hybridized carbons (Fsp3) is 0.550. The van der Waals surface area contributed by atoms with Gasteiger partial charge in [0.25, 0.3) is 5.56 Å². The monoisotopic (exact) mass is 373 g/mol. The Morgan fingerprint density at radius 3 is 2.59 bits per heavy atom. The van der Waals surface area contributed by atoms with Crippen LogP contribution in [0.25, 0.3) is 6.08 Å². The molecule has 0 radical (unpaired) electrons. The van der Waals surface area contributed by atoms with Crippen molar-refractivity contribution in [3.05, 3.63) is 39.8 Å². The maximum absolute atomic E-state index is 12.8. The first kappa shape index (κ1) is 19.4. The summed E-state index contributed by atoms with van der Waals surface area (Å²) < 4.78 is 1.69. The van der Waals surface area contributed by atoms with E-state index in [9.17, 15) is 19.5 Å². The third kappa shape index (κ3) is 2.90. The van der Waals surface area contributed by atoms with Crippen LogP contribution in [0.15, 0.2) is 23.0 Å². The Bertz CT molecular complexity index is 842.